The molecule has 1 aliphatic heterocycles. The van der Waals surface area contributed by atoms with Crippen LogP contribution in [0.2, 0.25) is 0 Å². The van der Waals surface area contributed by atoms with Gasteiger partial charge in [-0.25, -0.2) is 14.4 Å². The summed E-state index contributed by atoms with van der Waals surface area (Å²) >= 11 is 0. The number of carboxylic acids is 1. The predicted octanol–water partition coefficient (Wildman–Crippen LogP) is 2.15. The van der Waals surface area contributed by atoms with E-state index in [0.29, 0.717) is 16.7 Å². The number of carboxylic acid groups (broad SMARTS) is 1. The van der Waals surface area contributed by atoms with Crippen LogP contribution in [0.15, 0.2) is 84.9 Å². The van der Waals surface area contributed by atoms with Crippen LogP contribution in [-0.4, -0.2) is 69.8 Å². The van der Waals surface area contributed by atoms with Crippen LogP contribution >= 0.6 is 0 Å². The maximum Gasteiger partial charge on any atom is 0.408 e. The lowest BCUT2D eigenvalue weighted by Crippen LogP contribution is -2.50. The van der Waals surface area contributed by atoms with Gasteiger partial charge in [-0.3, -0.25) is 19.9 Å². The molecule has 0 radical (unpaired) electrons. The molecular formula is C31H32N6O7. The molecule has 0 aliphatic carbocycles. The summed E-state index contributed by atoms with van der Waals surface area (Å²) in [6, 6.07) is 21.9. The highest BCUT2D eigenvalue weighted by Crippen LogP contribution is 2.38. The van der Waals surface area contributed by atoms with E-state index in [1.165, 1.54) is 4.90 Å². The zero-order chi connectivity index (χ0) is 31.9. The second-order valence-corrected chi connectivity index (χ2v) is 10.2. The van der Waals surface area contributed by atoms with Gasteiger partial charge in [0.25, 0.3) is 5.91 Å². The van der Waals surface area contributed by atoms with Gasteiger partial charge in [0.15, 0.2) is 0 Å². The van der Waals surface area contributed by atoms with Crippen LogP contribution in [0.1, 0.15) is 29.2 Å². The van der Waals surface area contributed by atoms with Crippen LogP contribution in [0.3, 0.4) is 0 Å². The van der Waals surface area contributed by atoms with Crippen molar-refractivity contribution in [3.05, 3.63) is 107 Å². The number of nitrogens with one attached hydrogen (secondary N) is 3. The summed E-state index contributed by atoms with van der Waals surface area (Å²) in [5, 5.41) is 21.7. The fourth-order valence-electron chi connectivity index (χ4n) is 4.71. The molecular weight excluding hydrogens is 568 g/mol. The summed E-state index contributed by atoms with van der Waals surface area (Å²) in [6.07, 6.45) is -0.997. The quantitative estimate of drug-likeness (QED) is 0.118. The minimum Gasteiger partial charge on any atom is -0.480 e. The smallest absolute Gasteiger partial charge is 0.408 e. The van der Waals surface area contributed by atoms with Crippen LogP contribution in [0.4, 0.5) is 9.59 Å². The molecule has 0 aromatic heterocycles. The second-order valence-electron chi connectivity index (χ2n) is 10.2. The van der Waals surface area contributed by atoms with Crippen LogP contribution in [0.25, 0.3) is 0 Å². The number of imide groups is 1. The first kappa shape index (κ1) is 31.2. The Morgan fingerprint density at radius 2 is 1.55 bits per heavy atom. The highest BCUT2D eigenvalue weighted by atomic mass is 16.5. The average molecular weight is 601 g/mol. The summed E-state index contributed by atoms with van der Waals surface area (Å²) in [5.41, 5.74) is 6.40. The lowest BCUT2D eigenvalue weighted by molar-refractivity contribution is -0.140. The van der Waals surface area contributed by atoms with Crippen molar-refractivity contribution in [2.75, 3.05) is 13.1 Å². The third-order valence-electron chi connectivity index (χ3n) is 7.21. The zero-order valence-electron chi connectivity index (χ0n) is 23.9. The maximum absolute atomic E-state index is 13.8. The highest BCUT2D eigenvalue weighted by molar-refractivity contribution is 6.09. The van der Waals surface area contributed by atoms with Gasteiger partial charge in [-0.1, -0.05) is 84.9 Å². The SMILES string of the molecule is CC1(c2ccc(C(=N)N)cc2)C(=O)N(CC(=O)NC[C@H](NC(=O)OCc2ccccc2)C(=O)O)C(=O)N1Cc1ccccc1. The molecule has 3 aromatic rings. The van der Waals surface area contributed by atoms with Gasteiger partial charge in [0.2, 0.25) is 5.91 Å². The number of ether oxygens (including phenoxy) is 1. The van der Waals surface area contributed by atoms with E-state index >= 15 is 0 Å². The lowest BCUT2D eigenvalue weighted by Gasteiger charge is -2.32. The summed E-state index contributed by atoms with van der Waals surface area (Å²) in [4.78, 5) is 66.4. The lowest BCUT2D eigenvalue weighted by atomic mass is 9.89. The summed E-state index contributed by atoms with van der Waals surface area (Å²) in [6.45, 7) is 0.338. The molecule has 1 fully saturated rings. The van der Waals surface area contributed by atoms with Gasteiger partial charge in [-0.2, -0.15) is 0 Å². The number of carbonyl (C=O) groups is 5. The van der Waals surface area contributed by atoms with Crippen molar-refractivity contribution in [2.24, 2.45) is 5.73 Å². The number of benzene rings is 3. The topological polar surface area (TPSA) is 195 Å². The molecule has 13 nitrogen and oxygen atoms in total. The second kappa shape index (κ2) is 13.5. The van der Waals surface area contributed by atoms with Crippen LogP contribution in [0.5, 0.6) is 0 Å². The molecule has 0 bridgehead atoms. The first-order chi connectivity index (χ1) is 21.0. The molecule has 6 N–H and O–H groups in total. The number of rotatable bonds is 12. The van der Waals surface area contributed by atoms with Crippen LogP contribution in [-0.2, 0) is 37.8 Å². The Bertz CT molecular complexity index is 1550. The van der Waals surface area contributed by atoms with E-state index in [1.807, 2.05) is 6.07 Å². The number of nitrogen functional groups attached to an aromatic ring is 1. The Balaban J connectivity index is 1.45. The maximum atomic E-state index is 13.8. The van der Waals surface area contributed by atoms with E-state index in [4.69, 9.17) is 15.9 Å². The third kappa shape index (κ3) is 7.01. The minimum absolute atomic E-state index is 0.0601. The normalized spacial score (nSPS) is 16.8. The van der Waals surface area contributed by atoms with Crippen molar-refractivity contribution in [3.8, 4) is 0 Å². The molecule has 1 heterocycles. The monoisotopic (exact) mass is 600 g/mol. The number of alkyl carbamates (subject to hydrolysis) is 1. The van der Waals surface area contributed by atoms with E-state index in [1.54, 1.807) is 85.8 Å². The molecule has 3 aromatic carbocycles. The minimum atomic E-state index is -1.54. The molecule has 1 aliphatic rings. The highest BCUT2D eigenvalue weighted by Gasteiger charge is 2.55. The van der Waals surface area contributed by atoms with Crippen molar-refractivity contribution in [1.29, 1.82) is 5.41 Å². The van der Waals surface area contributed by atoms with Crippen molar-refractivity contribution in [3.63, 3.8) is 0 Å². The number of nitrogens with zero attached hydrogens (tertiary/aromatic N) is 2. The fraction of sp³-hybridized carbons (Fsp3) is 0.226. The van der Waals surface area contributed by atoms with E-state index < -0.39 is 54.6 Å². The van der Waals surface area contributed by atoms with Crippen LogP contribution in [0, 0.1) is 5.41 Å². The Kier molecular flexibility index (Phi) is 9.58. The number of carbonyl (C=O) groups excluding carboxylic acids is 4. The molecule has 0 saturated carbocycles. The van der Waals surface area contributed by atoms with Gasteiger partial charge in [0, 0.05) is 18.7 Å². The molecule has 228 valence electrons. The molecule has 13 heteroatoms. The fourth-order valence-corrected chi connectivity index (χ4v) is 4.71. The molecule has 0 spiro atoms. The number of urea groups is 1. The van der Waals surface area contributed by atoms with Gasteiger partial charge in [0.05, 0.1) is 0 Å². The first-order valence-electron chi connectivity index (χ1n) is 13.6. The Hall–Kier alpha value is -5.72. The standard InChI is InChI=1S/C31H32N6O7/c1-31(23-14-12-22(13-15-23)26(32)33)28(41)36(30(43)37(31)17-20-8-4-2-5-9-20)18-25(38)34-16-24(27(39)40)35-29(42)44-19-21-10-6-3-7-11-21/h2-15,24H,16-19H2,1H3,(H3,32,33)(H,34,38)(H,35,42)(H,39,40)/t24-,31?/m0/s1. The van der Waals surface area contributed by atoms with Crippen molar-refractivity contribution in [1.82, 2.24) is 20.4 Å². The predicted molar refractivity (Wildman–Crippen MR) is 158 cm³/mol. The van der Waals surface area contributed by atoms with Gasteiger partial charge >= 0.3 is 18.1 Å². The van der Waals surface area contributed by atoms with Gasteiger partial charge in [-0.15, -0.1) is 0 Å². The average Bonchev–Trinajstić information content (AvgIpc) is 3.19. The van der Waals surface area contributed by atoms with Gasteiger partial charge in [0.1, 0.15) is 30.6 Å². The molecule has 5 amide bonds. The number of hydrogen-bond acceptors (Lipinski definition) is 7. The summed E-state index contributed by atoms with van der Waals surface area (Å²) < 4.78 is 5.05. The number of amides is 5. The number of hydrogen-bond donors (Lipinski definition) is 5. The largest absolute Gasteiger partial charge is 0.480 e. The van der Waals surface area contributed by atoms with E-state index in [-0.39, 0.29) is 19.0 Å². The molecule has 44 heavy (non-hydrogen) atoms. The van der Waals surface area contributed by atoms with Crippen LogP contribution < -0.4 is 16.4 Å². The number of amidine groups is 1. The molecule has 4 rings (SSSR count). The zero-order valence-corrected chi connectivity index (χ0v) is 23.9. The van der Waals surface area contributed by atoms with Gasteiger partial charge in [-0.05, 0) is 23.6 Å². The Labute approximate surface area is 253 Å². The van der Waals surface area contributed by atoms with E-state index in [9.17, 15) is 29.1 Å². The molecule has 1 unspecified atom stereocenters. The van der Waals surface area contributed by atoms with E-state index in [0.717, 1.165) is 10.5 Å². The summed E-state index contributed by atoms with van der Waals surface area (Å²) in [7, 11) is 0. The Morgan fingerprint density at radius 1 is 0.955 bits per heavy atom. The Morgan fingerprint density at radius 3 is 2.11 bits per heavy atom. The third-order valence-corrected chi connectivity index (χ3v) is 7.21. The molecule has 1 saturated heterocycles. The van der Waals surface area contributed by atoms with Crippen molar-refractivity contribution >= 4 is 35.7 Å². The van der Waals surface area contributed by atoms with Gasteiger partial charge < -0.3 is 31.1 Å². The van der Waals surface area contributed by atoms with E-state index in [2.05, 4.69) is 10.6 Å². The number of nitrogens with two attached hydrogens (primary N) is 1. The molecule has 2 atom stereocenters. The van der Waals surface area contributed by atoms with Crippen molar-refractivity contribution in [2.45, 2.75) is 31.7 Å². The number of aliphatic carboxylic acids is 1. The summed E-state index contributed by atoms with van der Waals surface area (Å²) in [5.74, 6) is -3.06. The first-order valence-corrected chi connectivity index (χ1v) is 13.6. The van der Waals surface area contributed by atoms with Crippen molar-refractivity contribution < 1.29 is 33.8 Å².